The summed E-state index contributed by atoms with van der Waals surface area (Å²) in [5, 5.41) is 11.0. The summed E-state index contributed by atoms with van der Waals surface area (Å²) in [7, 11) is 0. The lowest BCUT2D eigenvalue weighted by molar-refractivity contribution is 0.0697. The fourth-order valence-corrected chi connectivity index (χ4v) is 5.44. The third-order valence-electron chi connectivity index (χ3n) is 6.06. The van der Waals surface area contributed by atoms with Crippen molar-refractivity contribution in [3.8, 4) is 0 Å². The van der Waals surface area contributed by atoms with Crippen molar-refractivity contribution in [2.75, 3.05) is 0 Å². The zero-order chi connectivity index (χ0) is 22.2. The third-order valence-corrected chi connectivity index (χ3v) is 7.17. The summed E-state index contributed by atoms with van der Waals surface area (Å²) < 4.78 is 1.69. The zero-order valence-electron chi connectivity index (χ0n) is 18.8. The molecular formula is C27H34O3S. The Kier molecular flexibility index (Phi) is 8.65. The topological polar surface area (TPSA) is 54.4 Å². The zero-order valence-corrected chi connectivity index (χ0v) is 19.7. The van der Waals surface area contributed by atoms with Gasteiger partial charge >= 0.3 is 5.97 Å². The summed E-state index contributed by atoms with van der Waals surface area (Å²) in [6, 6.07) is 9.28. The Morgan fingerprint density at radius 1 is 0.871 bits per heavy atom. The van der Waals surface area contributed by atoms with Gasteiger partial charge in [0.05, 0.1) is 5.56 Å². The first kappa shape index (κ1) is 23.5. The number of hydrogen-bond acceptors (Lipinski definition) is 3. The molecule has 2 aromatic carbocycles. The molecule has 0 bridgehead atoms. The lowest BCUT2D eigenvalue weighted by atomic mass is 9.98. The van der Waals surface area contributed by atoms with Crippen molar-refractivity contribution in [3.63, 3.8) is 0 Å². The first-order chi connectivity index (χ1) is 15.0. The van der Waals surface area contributed by atoms with E-state index in [0.717, 1.165) is 45.2 Å². The molecule has 0 amide bonds. The van der Waals surface area contributed by atoms with Crippen LogP contribution >= 0.6 is 11.3 Å². The quantitative estimate of drug-likeness (QED) is 0.231. The molecule has 0 spiro atoms. The van der Waals surface area contributed by atoms with Gasteiger partial charge in [0.2, 0.25) is 0 Å². The number of aryl methyl sites for hydroxylation is 2. The Labute approximate surface area is 189 Å². The summed E-state index contributed by atoms with van der Waals surface area (Å²) in [5.41, 5.74) is 2.26. The van der Waals surface area contributed by atoms with E-state index in [0.29, 0.717) is 5.39 Å². The Bertz CT molecular complexity index is 1100. The highest BCUT2D eigenvalue weighted by molar-refractivity contribution is 7.24. The van der Waals surface area contributed by atoms with Crippen molar-refractivity contribution >= 4 is 37.5 Å². The second-order valence-corrected chi connectivity index (χ2v) is 9.76. The van der Waals surface area contributed by atoms with Gasteiger partial charge in [0, 0.05) is 20.2 Å². The Morgan fingerprint density at radius 3 is 2.16 bits per heavy atom. The van der Waals surface area contributed by atoms with Crippen molar-refractivity contribution in [1.82, 2.24) is 0 Å². The molecule has 0 unspecified atom stereocenters. The number of hydrogen-bond donors (Lipinski definition) is 1. The van der Waals surface area contributed by atoms with E-state index >= 15 is 0 Å². The lowest BCUT2D eigenvalue weighted by Gasteiger charge is -2.10. The van der Waals surface area contributed by atoms with Crippen molar-refractivity contribution in [2.24, 2.45) is 0 Å². The van der Waals surface area contributed by atoms with Crippen LogP contribution in [0, 0.1) is 6.92 Å². The van der Waals surface area contributed by atoms with Gasteiger partial charge in [0.1, 0.15) is 0 Å². The number of fused-ring (bicyclic) bond motifs is 2. The van der Waals surface area contributed by atoms with Crippen LogP contribution in [-0.4, -0.2) is 11.1 Å². The number of carbonyl (C=O) groups is 1. The molecule has 0 atom stereocenters. The van der Waals surface area contributed by atoms with E-state index in [4.69, 9.17) is 0 Å². The van der Waals surface area contributed by atoms with Gasteiger partial charge in [0.25, 0.3) is 0 Å². The van der Waals surface area contributed by atoms with E-state index in [1.54, 1.807) is 12.1 Å². The molecule has 0 saturated carbocycles. The number of benzene rings is 2. The fourth-order valence-electron chi connectivity index (χ4n) is 4.30. The van der Waals surface area contributed by atoms with Gasteiger partial charge in [-0.3, -0.25) is 4.79 Å². The molecule has 0 aliphatic heterocycles. The summed E-state index contributed by atoms with van der Waals surface area (Å²) in [5.74, 6) is -0.935. The molecule has 1 N–H and O–H groups in total. The van der Waals surface area contributed by atoms with E-state index in [-0.39, 0.29) is 11.0 Å². The van der Waals surface area contributed by atoms with Crippen LogP contribution in [0.4, 0.5) is 0 Å². The van der Waals surface area contributed by atoms with Crippen LogP contribution in [0.25, 0.3) is 20.2 Å². The predicted octanol–water partition coefficient (Wildman–Crippen LogP) is 7.88. The van der Waals surface area contributed by atoms with Crippen LogP contribution in [0.5, 0.6) is 0 Å². The Morgan fingerprint density at radius 2 is 1.52 bits per heavy atom. The largest absolute Gasteiger partial charge is 0.478 e. The van der Waals surface area contributed by atoms with Gasteiger partial charge in [0.15, 0.2) is 5.43 Å². The highest BCUT2D eigenvalue weighted by Crippen LogP contribution is 2.29. The first-order valence-corrected chi connectivity index (χ1v) is 12.6. The monoisotopic (exact) mass is 438 g/mol. The minimum atomic E-state index is -0.935. The molecule has 0 aliphatic rings. The molecule has 0 radical (unpaired) electrons. The number of carboxylic acids is 1. The van der Waals surface area contributed by atoms with Crippen molar-refractivity contribution in [2.45, 2.75) is 84.5 Å². The van der Waals surface area contributed by atoms with Gasteiger partial charge in [-0.2, -0.15) is 0 Å². The van der Waals surface area contributed by atoms with Gasteiger partial charge in [-0.1, -0.05) is 76.3 Å². The molecule has 1 aromatic heterocycles. The standard InChI is InChI=1S/C27H34O3S/c1-3-4-5-6-7-8-9-10-11-12-13-20-17-21(27(29)30)18-24-25(20)26(28)22-16-19(2)14-15-23(22)31-24/h14-18H,3-13H2,1-2H3,(H,29,30). The van der Waals surface area contributed by atoms with Crippen molar-refractivity contribution in [1.29, 1.82) is 0 Å². The normalized spacial score (nSPS) is 11.4. The maximum atomic E-state index is 13.3. The number of unbranched alkanes of at least 4 members (excludes halogenated alkanes) is 9. The van der Waals surface area contributed by atoms with Crippen LogP contribution in [-0.2, 0) is 6.42 Å². The van der Waals surface area contributed by atoms with Crippen molar-refractivity contribution < 1.29 is 9.90 Å². The number of carboxylic acid groups (broad SMARTS) is 1. The van der Waals surface area contributed by atoms with E-state index < -0.39 is 5.97 Å². The summed E-state index contributed by atoms with van der Waals surface area (Å²) in [4.78, 5) is 24.9. The van der Waals surface area contributed by atoms with Crippen molar-refractivity contribution in [3.05, 3.63) is 57.2 Å². The van der Waals surface area contributed by atoms with Crippen LogP contribution in [0.1, 0.15) is 92.6 Å². The second kappa shape index (κ2) is 11.4. The van der Waals surface area contributed by atoms with E-state index in [2.05, 4.69) is 6.92 Å². The minimum absolute atomic E-state index is 0.0338. The molecule has 4 heteroatoms. The molecule has 31 heavy (non-hydrogen) atoms. The number of aromatic carboxylic acids is 1. The minimum Gasteiger partial charge on any atom is -0.478 e. The highest BCUT2D eigenvalue weighted by atomic mass is 32.1. The van der Waals surface area contributed by atoms with Crippen LogP contribution in [0.3, 0.4) is 0 Å². The second-order valence-electron chi connectivity index (χ2n) is 8.68. The molecule has 3 aromatic rings. The SMILES string of the molecule is CCCCCCCCCCCCc1cc(C(=O)O)cc2sc3ccc(C)cc3c(=O)c12. The maximum Gasteiger partial charge on any atom is 0.335 e. The summed E-state index contributed by atoms with van der Waals surface area (Å²) >= 11 is 1.51. The summed E-state index contributed by atoms with van der Waals surface area (Å²) in [6.45, 7) is 4.24. The number of rotatable bonds is 12. The van der Waals surface area contributed by atoms with Gasteiger partial charge in [-0.05, 0) is 49.6 Å². The smallest absolute Gasteiger partial charge is 0.335 e. The van der Waals surface area contributed by atoms with Gasteiger partial charge < -0.3 is 5.11 Å². The van der Waals surface area contributed by atoms with E-state index in [9.17, 15) is 14.7 Å². The fraction of sp³-hybridized carbons (Fsp3) is 0.481. The summed E-state index contributed by atoms with van der Waals surface area (Å²) in [6.07, 6.45) is 13.3. The molecule has 166 valence electrons. The Hall–Kier alpha value is -2.20. The van der Waals surface area contributed by atoms with Gasteiger partial charge in [-0.15, -0.1) is 11.3 Å². The molecular weight excluding hydrogens is 404 g/mol. The Balaban J connectivity index is 1.71. The van der Waals surface area contributed by atoms with E-state index in [1.807, 2.05) is 25.1 Å². The predicted molar refractivity (Wildman–Crippen MR) is 133 cm³/mol. The average molecular weight is 439 g/mol. The van der Waals surface area contributed by atoms with Gasteiger partial charge in [-0.25, -0.2) is 4.79 Å². The third kappa shape index (κ3) is 6.16. The van der Waals surface area contributed by atoms with E-state index in [1.165, 1.54) is 62.7 Å². The first-order valence-electron chi connectivity index (χ1n) is 11.7. The maximum absolute atomic E-state index is 13.3. The molecule has 0 fully saturated rings. The van der Waals surface area contributed by atoms with Crippen LogP contribution in [0.15, 0.2) is 35.1 Å². The molecule has 3 nitrogen and oxygen atoms in total. The van der Waals surface area contributed by atoms with Crippen LogP contribution < -0.4 is 5.43 Å². The lowest BCUT2D eigenvalue weighted by Crippen LogP contribution is -2.07. The molecule has 1 heterocycles. The molecule has 3 rings (SSSR count). The average Bonchev–Trinajstić information content (AvgIpc) is 2.75. The molecule has 0 aliphatic carbocycles. The highest BCUT2D eigenvalue weighted by Gasteiger charge is 2.14. The molecule has 0 saturated heterocycles. The van der Waals surface area contributed by atoms with Crippen LogP contribution in [0.2, 0.25) is 0 Å².